The first-order valence-electron chi connectivity index (χ1n) is 7.10. The van der Waals surface area contributed by atoms with Gasteiger partial charge in [0, 0.05) is 13.1 Å². The molecule has 1 unspecified atom stereocenters. The predicted octanol–water partition coefficient (Wildman–Crippen LogP) is 2.44. The van der Waals surface area contributed by atoms with E-state index in [9.17, 15) is 9.59 Å². The van der Waals surface area contributed by atoms with Gasteiger partial charge in [-0.15, -0.1) is 0 Å². The fourth-order valence-electron chi connectivity index (χ4n) is 2.18. The molecule has 5 heteroatoms. The predicted molar refractivity (Wildman–Crippen MR) is 71.7 cm³/mol. The maximum atomic E-state index is 11.8. The number of carbonyl (C=O) groups is 2. The molecule has 0 aromatic rings. The molecular formula is C14H25NO4. The summed E-state index contributed by atoms with van der Waals surface area (Å²) in [5.74, 6) is 0.355. The summed E-state index contributed by atoms with van der Waals surface area (Å²) in [5, 5.41) is 0. The number of piperidine rings is 1. The summed E-state index contributed by atoms with van der Waals surface area (Å²) < 4.78 is 10.2. The van der Waals surface area contributed by atoms with Crippen LogP contribution in [-0.2, 0) is 14.3 Å². The molecular weight excluding hydrogens is 246 g/mol. The van der Waals surface area contributed by atoms with E-state index in [2.05, 4.69) is 0 Å². The summed E-state index contributed by atoms with van der Waals surface area (Å²) in [7, 11) is 0. The van der Waals surface area contributed by atoms with E-state index in [4.69, 9.17) is 9.47 Å². The van der Waals surface area contributed by atoms with Crippen molar-refractivity contribution in [3.05, 3.63) is 0 Å². The first-order chi connectivity index (χ1) is 9.02. The zero-order valence-corrected chi connectivity index (χ0v) is 12.2. The molecule has 19 heavy (non-hydrogen) atoms. The number of rotatable bonds is 5. The van der Waals surface area contributed by atoms with Gasteiger partial charge in [-0.1, -0.05) is 13.8 Å². The normalized spacial score (nSPS) is 19.4. The molecule has 0 radical (unpaired) electrons. The lowest BCUT2D eigenvalue weighted by molar-refractivity contribution is -0.144. The Hall–Kier alpha value is -1.26. The minimum absolute atomic E-state index is 0.176. The van der Waals surface area contributed by atoms with Crippen LogP contribution in [0.15, 0.2) is 0 Å². The molecule has 1 aliphatic heterocycles. The Bertz CT molecular complexity index is 304. The lowest BCUT2D eigenvalue weighted by Gasteiger charge is -2.31. The molecule has 110 valence electrons. The molecule has 0 bridgehead atoms. The van der Waals surface area contributed by atoms with Crippen molar-refractivity contribution in [2.24, 2.45) is 11.8 Å². The van der Waals surface area contributed by atoms with Crippen LogP contribution in [0.1, 0.15) is 40.0 Å². The Morgan fingerprint density at radius 2 is 2.05 bits per heavy atom. The maximum absolute atomic E-state index is 11.8. The second kappa shape index (κ2) is 8.02. The van der Waals surface area contributed by atoms with Gasteiger partial charge in [0.05, 0.1) is 19.6 Å². The molecule has 1 aliphatic rings. The summed E-state index contributed by atoms with van der Waals surface area (Å²) in [6, 6.07) is 0. The Kier molecular flexibility index (Phi) is 6.67. The minimum Gasteiger partial charge on any atom is -0.466 e. The molecule has 0 N–H and O–H groups in total. The molecule has 1 fully saturated rings. The quantitative estimate of drug-likeness (QED) is 0.721. The zero-order chi connectivity index (χ0) is 14.3. The van der Waals surface area contributed by atoms with Gasteiger partial charge >= 0.3 is 12.1 Å². The minimum atomic E-state index is -0.262. The number of amides is 1. The van der Waals surface area contributed by atoms with Gasteiger partial charge in [0.2, 0.25) is 0 Å². The lowest BCUT2D eigenvalue weighted by Crippen LogP contribution is -2.41. The van der Waals surface area contributed by atoms with Crippen molar-refractivity contribution in [3.8, 4) is 0 Å². The van der Waals surface area contributed by atoms with Crippen molar-refractivity contribution >= 4 is 12.1 Å². The van der Waals surface area contributed by atoms with Crippen LogP contribution in [0.25, 0.3) is 0 Å². The van der Waals surface area contributed by atoms with Crippen molar-refractivity contribution in [2.75, 3.05) is 26.3 Å². The molecule has 1 heterocycles. The van der Waals surface area contributed by atoms with E-state index in [0.717, 1.165) is 19.4 Å². The van der Waals surface area contributed by atoms with Gasteiger partial charge in [-0.2, -0.15) is 0 Å². The number of nitrogens with zero attached hydrogens (tertiary/aromatic N) is 1. The third-order valence-electron chi connectivity index (χ3n) is 3.08. The Morgan fingerprint density at radius 1 is 1.32 bits per heavy atom. The summed E-state index contributed by atoms with van der Waals surface area (Å²) in [6.45, 7) is 7.98. The van der Waals surface area contributed by atoms with E-state index in [1.807, 2.05) is 13.8 Å². The van der Waals surface area contributed by atoms with Crippen LogP contribution in [0.4, 0.5) is 4.79 Å². The lowest BCUT2D eigenvalue weighted by atomic mass is 9.95. The number of ether oxygens (including phenoxy) is 2. The molecule has 0 aliphatic carbocycles. The van der Waals surface area contributed by atoms with E-state index in [-0.39, 0.29) is 18.0 Å². The largest absolute Gasteiger partial charge is 0.466 e. The van der Waals surface area contributed by atoms with E-state index in [1.54, 1.807) is 11.8 Å². The van der Waals surface area contributed by atoms with Crippen LogP contribution in [0.2, 0.25) is 0 Å². The van der Waals surface area contributed by atoms with Gasteiger partial charge in [-0.25, -0.2) is 4.79 Å². The van der Waals surface area contributed by atoms with Crippen molar-refractivity contribution in [2.45, 2.75) is 40.0 Å². The summed E-state index contributed by atoms with van der Waals surface area (Å²) in [4.78, 5) is 25.0. The third-order valence-corrected chi connectivity index (χ3v) is 3.08. The van der Waals surface area contributed by atoms with Gasteiger partial charge in [0.15, 0.2) is 0 Å². The molecule has 0 aromatic heterocycles. The van der Waals surface area contributed by atoms with Gasteiger partial charge in [-0.3, -0.25) is 4.79 Å². The van der Waals surface area contributed by atoms with E-state index in [0.29, 0.717) is 32.1 Å². The molecule has 5 nitrogen and oxygen atoms in total. The van der Waals surface area contributed by atoms with Crippen LogP contribution in [-0.4, -0.2) is 43.3 Å². The number of carbonyl (C=O) groups excluding carboxylic acids is 2. The third kappa shape index (κ3) is 5.94. The molecule has 1 saturated heterocycles. The second-order valence-electron chi connectivity index (χ2n) is 5.43. The van der Waals surface area contributed by atoms with Crippen LogP contribution in [0, 0.1) is 11.8 Å². The second-order valence-corrected chi connectivity index (χ2v) is 5.43. The fourth-order valence-corrected chi connectivity index (χ4v) is 2.18. The van der Waals surface area contributed by atoms with Crippen LogP contribution < -0.4 is 0 Å². The van der Waals surface area contributed by atoms with Gasteiger partial charge < -0.3 is 14.4 Å². The van der Waals surface area contributed by atoms with Gasteiger partial charge in [0.1, 0.15) is 0 Å². The summed E-state index contributed by atoms with van der Waals surface area (Å²) in [6.07, 6.45) is 2.01. The average molecular weight is 271 g/mol. The Morgan fingerprint density at radius 3 is 2.68 bits per heavy atom. The highest BCUT2D eigenvalue weighted by molar-refractivity contribution is 5.70. The van der Waals surface area contributed by atoms with Crippen molar-refractivity contribution in [1.82, 2.24) is 4.90 Å². The Balaban J connectivity index is 2.36. The molecule has 1 rings (SSSR count). The first kappa shape index (κ1) is 15.8. The molecule has 1 amide bonds. The highest BCUT2D eigenvalue weighted by Crippen LogP contribution is 2.20. The number of likely N-dealkylation sites (tertiary alicyclic amines) is 1. The standard InChI is InChI=1S/C14H25NO4/c1-4-18-13(16)8-12-6-5-7-15(9-12)14(17)19-10-11(2)3/h11-12H,4-10H2,1-3H3. The van der Waals surface area contributed by atoms with E-state index >= 15 is 0 Å². The summed E-state index contributed by atoms with van der Waals surface area (Å²) >= 11 is 0. The number of hydrogen-bond donors (Lipinski definition) is 0. The van der Waals surface area contributed by atoms with Gasteiger partial charge in [-0.05, 0) is 31.6 Å². The van der Waals surface area contributed by atoms with Crippen molar-refractivity contribution in [3.63, 3.8) is 0 Å². The highest BCUT2D eigenvalue weighted by Gasteiger charge is 2.26. The number of esters is 1. The van der Waals surface area contributed by atoms with Crippen LogP contribution >= 0.6 is 0 Å². The fraction of sp³-hybridized carbons (Fsp3) is 0.857. The topological polar surface area (TPSA) is 55.8 Å². The molecule has 0 spiro atoms. The monoisotopic (exact) mass is 271 g/mol. The summed E-state index contributed by atoms with van der Waals surface area (Å²) in [5.41, 5.74) is 0. The smallest absolute Gasteiger partial charge is 0.409 e. The van der Waals surface area contributed by atoms with E-state index < -0.39 is 0 Å². The maximum Gasteiger partial charge on any atom is 0.409 e. The average Bonchev–Trinajstić information content (AvgIpc) is 2.36. The molecule has 0 saturated carbocycles. The zero-order valence-electron chi connectivity index (χ0n) is 12.2. The Labute approximate surface area is 115 Å². The van der Waals surface area contributed by atoms with Crippen molar-refractivity contribution < 1.29 is 19.1 Å². The first-order valence-corrected chi connectivity index (χ1v) is 7.10. The SMILES string of the molecule is CCOC(=O)CC1CCCN(C(=O)OCC(C)C)C1. The molecule has 1 atom stereocenters. The van der Waals surface area contributed by atoms with Crippen LogP contribution in [0.5, 0.6) is 0 Å². The van der Waals surface area contributed by atoms with Crippen LogP contribution in [0.3, 0.4) is 0 Å². The van der Waals surface area contributed by atoms with Gasteiger partial charge in [0.25, 0.3) is 0 Å². The highest BCUT2D eigenvalue weighted by atomic mass is 16.6. The molecule has 0 aromatic carbocycles. The van der Waals surface area contributed by atoms with E-state index in [1.165, 1.54) is 0 Å². The van der Waals surface area contributed by atoms with Crippen molar-refractivity contribution in [1.29, 1.82) is 0 Å². The number of hydrogen-bond acceptors (Lipinski definition) is 4.